The molecule has 554 valence electrons. The largest absolute Gasteiger partial charge is 0.462 e. The lowest BCUT2D eigenvalue weighted by Crippen LogP contribution is -2.63. The Morgan fingerprint density at radius 2 is 0.371 bits per heavy atom. The molecule has 0 aromatic heterocycles. The van der Waals surface area contributed by atoms with E-state index in [1.807, 2.05) is 138 Å². The molecule has 5 rings (SSSR count). The van der Waals surface area contributed by atoms with Gasteiger partial charge in [0.2, 0.25) is 0 Å². The number of piperidine rings is 5. The van der Waals surface area contributed by atoms with Gasteiger partial charge in [0.15, 0.2) is 0 Å². The summed E-state index contributed by atoms with van der Waals surface area (Å²) in [6, 6.07) is 0. The van der Waals surface area contributed by atoms with Gasteiger partial charge in [0, 0.05) is 125 Å². The molecule has 0 aromatic rings. The minimum Gasteiger partial charge on any atom is -0.462 e. The highest BCUT2D eigenvalue weighted by atomic mass is 16.7. The van der Waals surface area contributed by atoms with Gasteiger partial charge in [0.05, 0.1) is 88.1 Å². The standard InChI is InChI=1S/C69H118N8O20/c1-45(78)88-50-30-60(6,7)73(61(8,9)31-50)93-55(83)40-70(26-28-71(41-56(84)94-74-62(10,11)32-51(89-46(2)79)33-63(74,12)13)42-57(85)95-75-64(14,15)34-52(90-47(3)80)35-65(75,16)17)27-29-72(43-58(86)96-76-66(18,19)36-53(91-48(4)81)37-67(76,20)21)44-59(87)97-77-68(22,23)38-54(92-49(5)82)39-69(77,24)25/h50-54H,26-44H2,1-25H3. The first-order valence-electron chi connectivity index (χ1n) is 34.1. The highest BCUT2D eigenvalue weighted by molar-refractivity contribution is 5.76. The summed E-state index contributed by atoms with van der Waals surface area (Å²) in [5.41, 5.74) is -8.34. The van der Waals surface area contributed by atoms with Crippen LogP contribution in [0.4, 0.5) is 0 Å². The molecule has 5 heterocycles. The Labute approximate surface area is 575 Å². The second-order valence-electron chi connectivity index (χ2n) is 33.8. The fourth-order valence-corrected chi connectivity index (χ4v) is 16.5. The lowest BCUT2D eigenvalue weighted by Gasteiger charge is -2.52. The number of carbonyl (C=O) groups is 10. The number of ether oxygens (including phenoxy) is 5. The van der Waals surface area contributed by atoms with Crippen molar-refractivity contribution in [2.24, 2.45) is 0 Å². The van der Waals surface area contributed by atoms with Crippen LogP contribution in [0.5, 0.6) is 0 Å². The Bertz CT molecular complexity index is 2480. The zero-order valence-corrected chi connectivity index (χ0v) is 63.1. The predicted octanol–water partition coefficient (Wildman–Crippen LogP) is 7.11. The zero-order chi connectivity index (χ0) is 73.8. The fourth-order valence-electron chi connectivity index (χ4n) is 16.5. The smallest absolute Gasteiger partial charge is 0.339 e. The first-order valence-corrected chi connectivity index (χ1v) is 34.1. The van der Waals surface area contributed by atoms with E-state index in [9.17, 15) is 47.9 Å². The van der Waals surface area contributed by atoms with Gasteiger partial charge in [-0.1, -0.05) is 0 Å². The molecule has 97 heavy (non-hydrogen) atoms. The molecule has 0 amide bonds. The maximum atomic E-state index is 14.8. The second kappa shape index (κ2) is 31.1. The van der Waals surface area contributed by atoms with E-state index in [1.54, 1.807) is 40.0 Å². The summed E-state index contributed by atoms with van der Waals surface area (Å²) < 4.78 is 28.3. The molecular weight excluding hydrogens is 1260 g/mol. The van der Waals surface area contributed by atoms with Crippen LogP contribution in [0.15, 0.2) is 0 Å². The van der Waals surface area contributed by atoms with Crippen molar-refractivity contribution in [3.05, 3.63) is 0 Å². The third kappa shape index (κ3) is 23.2. The molecule has 0 saturated carbocycles. The summed E-state index contributed by atoms with van der Waals surface area (Å²) in [5.74, 6) is -5.81. The number of esters is 5. The summed E-state index contributed by atoms with van der Waals surface area (Å²) in [4.78, 5) is 170. The summed E-state index contributed by atoms with van der Waals surface area (Å²) in [5, 5.41) is 8.01. The Morgan fingerprint density at radius 1 is 0.247 bits per heavy atom. The predicted molar refractivity (Wildman–Crippen MR) is 354 cm³/mol. The molecule has 5 saturated heterocycles. The van der Waals surface area contributed by atoms with Gasteiger partial charge < -0.3 is 47.9 Å². The van der Waals surface area contributed by atoms with Crippen molar-refractivity contribution < 1.29 is 95.8 Å². The van der Waals surface area contributed by atoms with Crippen molar-refractivity contribution in [1.82, 2.24) is 40.0 Å². The van der Waals surface area contributed by atoms with Crippen LogP contribution >= 0.6 is 0 Å². The number of hydrogen-bond acceptors (Lipinski definition) is 28. The SMILES string of the molecule is CC(=O)OC1CC(C)(C)N(OC(=O)CN(CCN(CC(=O)ON2C(C)(C)CC(OC(C)=O)CC2(C)C)CC(=O)ON2C(C)(C)CC(OC(C)=O)CC2(C)C)CCN(CC(=O)ON2C(C)(C)CC(OC(C)=O)CC2(C)C)CC(=O)ON2C(C)(C)CC(OC(C)=O)CC2(C)C)C(C)(C)C1. The molecule has 0 aromatic carbocycles. The third-order valence-electron chi connectivity index (χ3n) is 18.6. The molecule has 0 atom stereocenters. The summed E-state index contributed by atoms with van der Waals surface area (Å²) in [6.45, 7) is 41.7. The van der Waals surface area contributed by atoms with Crippen LogP contribution in [-0.2, 0) is 95.8 Å². The van der Waals surface area contributed by atoms with E-state index in [0.717, 1.165) is 0 Å². The Hall–Kier alpha value is -5.62. The monoisotopic (exact) mass is 1380 g/mol. The summed E-state index contributed by atoms with van der Waals surface area (Å²) in [6.07, 6.45) is 1.10. The maximum absolute atomic E-state index is 14.8. The Morgan fingerprint density at radius 3 is 0.505 bits per heavy atom. The Balaban J connectivity index is 1.55. The zero-order valence-electron chi connectivity index (χ0n) is 63.1. The van der Waals surface area contributed by atoms with E-state index < -0.39 is 178 Å². The minimum absolute atomic E-state index is 0.0471. The first kappa shape index (κ1) is 82.1. The Kier molecular flexibility index (Phi) is 26.3. The first-order chi connectivity index (χ1) is 44.0. The third-order valence-corrected chi connectivity index (χ3v) is 18.6. The van der Waals surface area contributed by atoms with Gasteiger partial charge >= 0.3 is 59.7 Å². The molecular formula is C69H118N8O20. The quantitative estimate of drug-likeness (QED) is 0.0616. The molecule has 0 unspecified atom stereocenters. The van der Waals surface area contributed by atoms with Crippen LogP contribution < -0.4 is 0 Å². The van der Waals surface area contributed by atoms with Crippen LogP contribution in [0.1, 0.15) is 237 Å². The molecule has 5 aliphatic heterocycles. The maximum Gasteiger partial charge on any atom is 0.339 e. The number of hydroxylamine groups is 10. The van der Waals surface area contributed by atoms with E-state index in [0.29, 0.717) is 64.2 Å². The van der Waals surface area contributed by atoms with E-state index in [1.165, 1.54) is 34.6 Å². The molecule has 0 N–H and O–H groups in total. The van der Waals surface area contributed by atoms with Gasteiger partial charge in [-0.05, 0) is 138 Å². The van der Waals surface area contributed by atoms with E-state index in [4.69, 9.17) is 47.9 Å². The number of rotatable bonds is 26. The normalized spacial score (nSPS) is 23.5. The van der Waals surface area contributed by atoms with Crippen LogP contribution in [0, 0.1) is 0 Å². The van der Waals surface area contributed by atoms with Crippen molar-refractivity contribution in [3.8, 4) is 0 Å². The van der Waals surface area contributed by atoms with Gasteiger partial charge in [0.25, 0.3) is 0 Å². The summed E-state index contributed by atoms with van der Waals surface area (Å²) >= 11 is 0. The average Bonchev–Trinajstić information content (AvgIpc) is 0.803. The van der Waals surface area contributed by atoms with Crippen LogP contribution in [0.25, 0.3) is 0 Å². The molecule has 28 nitrogen and oxygen atoms in total. The van der Waals surface area contributed by atoms with E-state index >= 15 is 0 Å². The van der Waals surface area contributed by atoms with Gasteiger partial charge in [-0.15, -0.1) is 25.3 Å². The second-order valence-corrected chi connectivity index (χ2v) is 33.8. The topological polar surface area (TPSA) is 289 Å². The lowest BCUT2D eigenvalue weighted by molar-refractivity contribution is -0.280. The summed E-state index contributed by atoms with van der Waals surface area (Å²) in [7, 11) is 0. The van der Waals surface area contributed by atoms with Crippen molar-refractivity contribution in [2.45, 2.75) is 323 Å². The van der Waals surface area contributed by atoms with Crippen molar-refractivity contribution in [2.75, 3.05) is 58.9 Å². The van der Waals surface area contributed by atoms with Gasteiger partial charge in [0.1, 0.15) is 30.5 Å². The van der Waals surface area contributed by atoms with Crippen LogP contribution in [0.3, 0.4) is 0 Å². The van der Waals surface area contributed by atoms with Crippen LogP contribution in [0.2, 0.25) is 0 Å². The average molecular weight is 1380 g/mol. The molecule has 5 fully saturated rings. The molecule has 5 aliphatic rings. The molecule has 0 bridgehead atoms. The van der Waals surface area contributed by atoms with Crippen molar-refractivity contribution in [1.29, 1.82) is 0 Å². The fraction of sp³-hybridized carbons (Fsp3) is 0.855. The molecule has 0 aliphatic carbocycles. The van der Waals surface area contributed by atoms with Crippen LogP contribution in [-0.4, -0.2) is 245 Å². The molecule has 0 spiro atoms. The van der Waals surface area contributed by atoms with Crippen molar-refractivity contribution in [3.63, 3.8) is 0 Å². The van der Waals surface area contributed by atoms with E-state index in [-0.39, 0.29) is 26.2 Å². The highest BCUT2D eigenvalue weighted by Gasteiger charge is 2.55. The van der Waals surface area contributed by atoms with Gasteiger partial charge in [-0.25, -0.2) is 24.0 Å². The molecule has 28 heteroatoms. The number of carbonyl (C=O) groups excluding carboxylic acids is 10. The minimum atomic E-state index is -0.840. The lowest BCUT2D eigenvalue weighted by atomic mass is 9.80. The van der Waals surface area contributed by atoms with E-state index in [2.05, 4.69) is 0 Å². The number of nitrogens with zero attached hydrogens (tertiary/aromatic N) is 8. The van der Waals surface area contributed by atoms with Gasteiger partial charge in [-0.2, -0.15) is 0 Å². The highest BCUT2D eigenvalue weighted by Crippen LogP contribution is 2.45. The molecule has 0 radical (unpaired) electrons. The van der Waals surface area contributed by atoms with Gasteiger partial charge in [-0.3, -0.25) is 38.7 Å². The number of hydrogen-bond donors (Lipinski definition) is 0. The van der Waals surface area contributed by atoms with Crippen molar-refractivity contribution >= 4 is 59.7 Å².